The molecule has 0 aliphatic carbocycles. The van der Waals surface area contributed by atoms with Gasteiger partial charge in [-0.05, 0) is 12.8 Å². The van der Waals surface area contributed by atoms with Crippen molar-refractivity contribution in [2.45, 2.75) is 32.1 Å². The fourth-order valence-corrected chi connectivity index (χ4v) is 1.52. The first-order valence-corrected chi connectivity index (χ1v) is 6.60. The first-order chi connectivity index (χ1) is 6.20. The van der Waals surface area contributed by atoms with Crippen LogP contribution in [0.5, 0.6) is 0 Å². The van der Waals surface area contributed by atoms with E-state index >= 15 is 0 Å². The van der Waals surface area contributed by atoms with Gasteiger partial charge in [-0.3, -0.25) is 9.59 Å². The zero-order valence-electron chi connectivity index (χ0n) is 7.52. The van der Waals surface area contributed by atoms with Crippen LogP contribution in [0.2, 0.25) is 0 Å². The van der Waals surface area contributed by atoms with Crippen molar-refractivity contribution in [1.82, 2.24) is 0 Å². The van der Waals surface area contributed by atoms with Crippen LogP contribution in [0.15, 0.2) is 0 Å². The minimum Gasteiger partial charge on any atom is -0.299 e. The summed E-state index contributed by atoms with van der Waals surface area (Å²) >= 11 is 6.22. The average molecular weight is 314 g/mol. The Bertz CT molecular complexity index is 151. The lowest BCUT2D eigenvalue weighted by Gasteiger charge is -1.98. The second-order valence-corrected chi connectivity index (χ2v) is 4.03. The molecule has 0 radical (unpaired) electrons. The molecule has 0 saturated carbocycles. The van der Waals surface area contributed by atoms with Crippen LogP contribution < -0.4 is 0 Å². The van der Waals surface area contributed by atoms with Gasteiger partial charge >= 0.3 is 0 Å². The van der Waals surface area contributed by atoms with Gasteiger partial charge in [0.2, 0.25) is 0 Å². The highest BCUT2D eigenvalue weighted by Crippen LogP contribution is 2.05. The summed E-state index contributed by atoms with van der Waals surface area (Å²) in [6.45, 7) is 0. The molecule has 0 aromatic carbocycles. The van der Waals surface area contributed by atoms with Gasteiger partial charge in [0.15, 0.2) is 0 Å². The minimum absolute atomic E-state index is 0.242. The van der Waals surface area contributed by atoms with E-state index in [-0.39, 0.29) is 11.6 Å². The molecule has 2 nitrogen and oxygen atoms in total. The Balaban J connectivity index is 3.17. The minimum atomic E-state index is 0.242. The zero-order chi connectivity index (χ0) is 10.1. The highest BCUT2D eigenvalue weighted by Gasteiger charge is 2.01. The van der Waals surface area contributed by atoms with Crippen LogP contribution in [-0.2, 0) is 9.59 Å². The summed E-state index contributed by atoms with van der Waals surface area (Å²) < 4.78 is 0. The highest BCUT2D eigenvalue weighted by molar-refractivity contribution is 9.09. The molecule has 0 aliphatic heterocycles. The summed E-state index contributed by atoms with van der Waals surface area (Å²) in [7, 11) is 0. The van der Waals surface area contributed by atoms with Crippen molar-refractivity contribution in [1.29, 1.82) is 0 Å². The third-order valence-electron chi connectivity index (χ3n) is 1.71. The number of carbonyl (C=O) groups is 2. The molecule has 0 N–H and O–H groups in total. The van der Waals surface area contributed by atoms with E-state index in [1.165, 1.54) is 0 Å². The first kappa shape index (κ1) is 13.3. The number of halogens is 2. The van der Waals surface area contributed by atoms with Crippen LogP contribution in [0.3, 0.4) is 0 Å². The molecule has 0 aromatic rings. The van der Waals surface area contributed by atoms with Crippen molar-refractivity contribution >= 4 is 43.4 Å². The number of unbranched alkanes of at least 4 members (excludes halogenated alkanes) is 2. The Morgan fingerprint density at radius 2 is 1.15 bits per heavy atom. The molecular formula is C9H14Br2O2. The normalized spacial score (nSPS) is 10.0. The Hall–Kier alpha value is 0.300. The largest absolute Gasteiger partial charge is 0.299 e. The molecule has 0 fully saturated rings. The quantitative estimate of drug-likeness (QED) is 0.510. The number of hydrogen-bond acceptors (Lipinski definition) is 2. The molecule has 0 atom stereocenters. The van der Waals surface area contributed by atoms with Gasteiger partial charge in [0.1, 0.15) is 11.6 Å². The van der Waals surface area contributed by atoms with Gasteiger partial charge in [-0.25, -0.2) is 0 Å². The van der Waals surface area contributed by atoms with E-state index in [1.807, 2.05) is 0 Å². The molecule has 13 heavy (non-hydrogen) atoms. The van der Waals surface area contributed by atoms with Crippen molar-refractivity contribution in [3.05, 3.63) is 0 Å². The van der Waals surface area contributed by atoms with Gasteiger partial charge in [-0.1, -0.05) is 38.3 Å². The van der Waals surface area contributed by atoms with Crippen molar-refractivity contribution in [3.8, 4) is 0 Å². The second-order valence-electron chi connectivity index (χ2n) is 2.91. The molecule has 76 valence electrons. The van der Waals surface area contributed by atoms with Crippen LogP contribution in [-0.4, -0.2) is 22.2 Å². The predicted molar refractivity (Wildman–Crippen MR) is 60.7 cm³/mol. The molecular weight excluding hydrogens is 300 g/mol. The van der Waals surface area contributed by atoms with E-state index < -0.39 is 0 Å². The van der Waals surface area contributed by atoms with E-state index in [1.54, 1.807) is 0 Å². The topological polar surface area (TPSA) is 34.1 Å². The fourth-order valence-electron chi connectivity index (χ4n) is 0.955. The summed E-state index contributed by atoms with van der Waals surface area (Å²) in [5.41, 5.74) is 0. The third kappa shape index (κ3) is 8.63. The Labute approximate surface area is 95.7 Å². The maximum Gasteiger partial charge on any atom is 0.143 e. The lowest BCUT2D eigenvalue weighted by atomic mass is 10.1. The van der Waals surface area contributed by atoms with Gasteiger partial charge in [0, 0.05) is 12.8 Å². The lowest BCUT2D eigenvalue weighted by Crippen LogP contribution is -2.00. The monoisotopic (exact) mass is 312 g/mol. The van der Waals surface area contributed by atoms with Crippen molar-refractivity contribution in [3.63, 3.8) is 0 Å². The van der Waals surface area contributed by atoms with Crippen LogP contribution in [0.25, 0.3) is 0 Å². The molecule has 0 spiro atoms. The molecule has 0 rings (SSSR count). The fraction of sp³-hybridized carbons (Fsp3) is 0.778. The molecule has 0 saturated heterocycles. The Kier molecular flexibility index (Phi) is 9.08. The van der Waals surface area contributed by atoms with Crippen LogP contribution in [0.4, 0.5) is 0 Å². The van der Waals surface area contributed by atoms with Crippen molar-refractivity contribution < 1.29 is 9.59 Å². The standard InChI is InChI=1S/C9H14Br2O2/c10-6-8(12)4-2-1-3-5-9(13)7-11/h1-7H2. The van der Waals surface area contributed by atoms with E-state index in [4.69, 9.17) is 0 Å². The van der Waals surface area contributed by atoms with Gasteiger partial charge in [-0.2, -0.15) is 0 Å². The number of rotatable bonds is 8. The molecule has 0 aromatic heterocycles. The molecule has 0 unspecified atom stereocenters. The SMILES string of the molecule is O=C(CBr)CCCCCC(=O)CBr. The van der Waals surface area contributed by atoms with E-state index in [9.17, 15) is 9.59 Å². The first-order valence-electron chi connectivity index (χ1n) is 4.36. The van der Waals surface area contributed by atoms with E-state index in [2.05, 4.69) is 31.9 Å². The zero-order valence-corrected chi connectivity index (χ0v) is 10.7. The number of hydrogen-bond donors (Lipinski definition) is 0. The number of carbonyl (C=O) groups excluding carboxylic acids is 2. The molecule has 0 amide bonds. The molecule has 0 aliphatic rings. The van der Waals surface area contributed by atoms with E-state index in [0.29, 0.717) is 23.5 Å². The van der Waals surface area contributed by atoms with E-state index in [0.717, 1.165) is 19.3 Å². The van der Waals surface area contributed by atoms with Crippen LogP contribution in [0, 0.1) is 0 Å². The lowest BCUT2D eigenvalue weighted by molar-refractivity contribution is -0.117. The smallest absolute Gasteiger partial charge is 0.143 e. The highest BCUT2D eigenvalue weighted by atomic mass is 79.9. The summed E-state index contributed by atoms with van der Waals surface area (Å²) in [5.74, 6) is 0.485. The summed E-state index contributed by atoms with van der Waals surface area (Å²) in [6, 6.07) is 0. The number of ketones is 2. The summed E-state index contributed by atoms with van der Waals surface area (Å²) in [5, 5.41) is 0.903. The van der Waals surface area contributed by atoms with Gasteiger partial charge in [0.25, 0.3) is 0 Å². The predicted octanol–water partition coefficient (Wildman–Crippen LogP) is 2.86. The van der Waals surface area contributed by atoms with Gasteiger partial charge in [0.05, 0.1) is 10.7 Å². The maximum absolute atomic E-state index is 10.8. The summed E-state index contributed by atoms with van der Waals surface area (Å²) in [6.07, 6.45) is 4.04. The van der Waals surface area contributed by atoms with Crippen LogP contribution in [0.1, 0.15) is 32.1 Å². The van der Waals surface area contributed by atoms with Crippen molar-refractivity contribution in [2.75, 3.05) is 10.7 Å². The second kappa shape index (κ2) is 8.88. The maximum atomic E-state index is 10.8. The molecule has 0 bridgehead atoms. The van der Waals surface area contributed by atoms with Gasteiger partial charge in [-0.15, -0.1) is 0 Å². The van der Waals surface area contributed by atoms with Crippen molar-refractivity contribution in [2.24, 2.45) is 0 Å². The molecule has 4 heteroatoms. The number of alkyl halides is 2. The summed E-state index contributed by atoms with van der Waals surface area (Å²) in [4.78, 5) is 21.7. The number of Topliss-reactive ketones (excluding diaryl/α,β-unsaturated/α-hetero) is 2. The average Bonchev–Trinajstić information content (AvgIpc) is 2.16. The third-order valence-corrected chi connectivity index (χ3v) is 2.96. The Morgan fingerprint density at radius 3 is 1.46 bits per heavy atom. The van der Waals surface area contributed by atoms with Gasteiger partial charge < -0.3 is 0 Å². The molecule has 0 heterocycles. The Morgan fingerprint density at radius 1 is 0.769 bits per heavy atom. The van der Waals surface area contributed by atoms with Crippen LogP contribution >= 0.6 is 31.9 Å².